The maximum Gasteiger partial charge on any atom is 0.103 e. The summed E-state index contributed by atoms with van der Waals surface area (Å²) in [4.78, 5) is 1.04. The van der Waals surface area contributed by atoms with Gasteiger partial charge in [0.1, 0.15) is 6.10 Å². The van der Waals surface area contributed by atoms with Crippen LogP contribution >= 0.6 is 11.3 Å². The van der Waals surface area contributed by atoms with E-state index in [2.05, 4.69) is 12.2 Å². The van der Waals surface area contributed by atoms with E-state index in [4.69, 9.17) is 4.74 Å². The average molecular weight is 255 g/mol. The van der Waals surface area contributed by atoms with Crippen LogP contribution in [0, 0.1) is 0 Å². The van der Waals surface area contributed by atoms with Gasteiger partial charge in [0.15, 0.2) is 0 Å². The van der Waals surface area contributed by atoms with Crippen LogP contribution in [0.1, 0.15) is 37.2 Å². The van der Waals surface area contributed by atoms with Crippen LogP contribution in [-0.2, 0) is 4.74 Å². The average Bonchev–Trinajstić information content (AvgIpc) is 3.02. The van der Waals surface area contributed by atoms with Gasteiger partial charge in [0.25, 0.3) is 0 Å². The van der Waals surface area contributed by atoms with E-state index in [0.29, 0.717) is 6.10 Å². The molecule has 0 spiro atoms. The number of hydrogen-bond donors (Lipinski definition) is 2. The lowest BCUT2D eigenvalue weighted by Crippen LogP contribution is -2.38. The zero-order chi connectivity index (χ0) is 12.1. The summed E-state index contributed by atoms with van der Waals surface area (Å²) in [6, 6.07) is 4.10. The third-order valence-electron chi connectivity index (χ3n) is 3.29. The van der Waals surface area contributed by atoms with Crippen LogP contribution in [0.5, 0.6) is 0 Å². The molecule has 2 rings (SSSR count). The molecule has 1 fully saturated rings. The van der Waals surface area contributed by atoms with Crippen molar-refractivity contribution in [1.82, 2.24) is 5.32 Å². The monoisotopic (exact) mass is 255 g/mol. The van der Waals surface area contributed by atoms with Crippen LogP contribution in [0.3, 0.4) is 0 Å². The Kier molecular flexibility index (Phi) is 4.98. The number of hydrogen-bond acceptors (Lipinski definition) is 4. The van der Waals surface area contributed by atoms with Gasteiger partial charge in [-0.2, -0.15) is 0 Å². The fourth-order valence-electron chi connectivity index (χ4n) is 2.23. The first-order chi connectivity index (χ1) is 8.31. The molecular weight excluding hydrogens is 234 g/mol. The smallest absolute Gasteiger partial charge is 0.103 e. The van der Waals surface area contributed by atoms with E-state index in [-0.39, 0.29) is 6.04 Å². The molecule has 2 N–H and O–H groups in total. The topological polar surface area (TPSA) is 41.5 Å². The highest BCUT2D eigenvalue weighted by atomic mass is 32.1. The molecule has 0 radical (unpaired) electrons. The second kappa shape index (κ2) is 6.50. The first-order valence-electron chi connectivity index (χ1n) is 6.37. The molecule has 1 aliphatic heterocycles. The standard InChI is InChI=1S/C13H21NO2S/c1-2-11(13(15)12-6-4-8-17-12)14-9-10-5-3-7-16-10/h4,6,8,10-11,13-15H,2-3,5,7,9H2,1H3. The Bertz CT molecular complexity index is 309. The minimum absolute atomic E-state index is 0.123. The molecule has 3 atom stereocenters. The highest BCUT2D eigenvalue weighted by Crippen LogP contribution is 2.23. The Labute approximate surface area is 107 Å². The molecule has 96 valence electrons. The minimum Gasteiger partial charge on any atom is -0.386 e. The Morgan fingerprint density at radius 2 is 2.53 bits per heavy atom. The summed E-state index contributed by atoms with van der Waals surface area (Å²) < 4.78 is 5.58. The molecular formula is C13H21NO2S. The molecule has 0 saturated carbocycles. The maximum atomic E-state index is 10.3. The quantitative estimate of drug-likeness (QED) is 0.820. The van der Waals surface area contributed by atoms with Crippen LogP contribution in [0.25, 0.3) is 0 Å². The van der Waals surface area contributed by atoms with Gasteiger partial charge in [-0.25, -0.2) is 0 Å². The van der Waals surface area contributed by atoms with Crippen molar-refractivity contribution in [2.75, 3.05) is 13.2 Å². The zero-order valence-corrected chi connectivity index (χ0v) is 11.1. The third kappa shape index (κ3) is 3.52. The van der Waals surface area contributed by atoms with Crippen molar-refractivity contribution in [3.05, 3.63) is 22.4 Å². The van der Waals surface area contributed by atoms with Crippen LogP contribution in [-0.4, -0.2) is 30.4 Å². The number of thiophene rings is 1. The molecule has 0 bridgehead atoms. The minimum atomic E-state index is -0.401. The summed E-state index contributed by atoms with van der Waals surface area (Å²) in [7, 11) is 0. The molecule has 0 aromatic carbocycles. The van der Waals surface area contributed by atoms with Gasteiger partial charge in [-0.15, -0.1) is 11.3 Å². The molecule has 1 aromatic heterocycles. The van der Waals surface area contributed by atoms with Crippen LogP contribution in [0.2, 0.25) is 0 Å². The van der Waals surface area contributed by atoms with Crippen molar-refractivity contribution >= 4 is 11.3 Å². The van der Waals surface area contributed by atoms with Crippen molar-refractivity contribution < 1.29 is 9.84 Å². The number of ether oxygens (including phenoxy) is 1. The Hall–Kier alpha value is -0.420. The molecule has 3 nitrogen and oxygen atoms in total. The SMILES string of the molecule is CCC(NCC1CCCO1)C(O)c1cccs1. The van der Waals surface area contributed by atoms with E-state index in [1.54, 1.807) is 11.3 Å². The Morgan fingerprint density at radius 3 is 3.12 bits per heavy atom. The van der Waals surface area contributed by atoms with Crippen molar-refractivity contribution in [1.29, 1.82) is 0 Å². The van der Waals surface area contributed by atoms with Crippen LogP contribution in [0.4, 0.5) is 0 Å². The first-order valence-corrected chi connectivity index (χ1v) is 7.25. The third-order valence-corrected chi connectivity index (χ3v) is 4.23. The van der Waals surface area contributed by atoms with Crippen molar-refractivity contribution in [3.63, 3.8) is 0 Å². The van der Waals surface area contributed by atoms with Gasteiger partial charge in [0.05, 0.1) is 6.10 Å². The van der Waals surface area contributed by atoms with Gasteiger partial charge in [-0.1, -0.05) is 13.0 Å². The first kappa shape index (κ1) is 13.0. The van der Waals surface area contributed by atoms with Gasteiger partial charge in [0.2, 0.25) is 0 Å². The van der Waals surface area contributed by atoms with Gasteiger partial charge in [0, 0.05) is 24.1 Å². The summed E-state index contributed by atoms with van der Waals surface area (Å²) in [5.74, 6) is 0. The summed E-state index contributed by atoms with van der Waals surface area (Å²) in [6.07, 6.45) is 3.15. The van der Waals surface area contributed by atoms with Crippen molar-refractivity contribution in [2.24, 2.45) is 0 Å². The van der Waals surface area contributed by atoms with E-state index in [1.807, 2.05) is 17.5 Å². The van der Waals surface area contributed by atoms with Crippen LogP contribution < -0.4 is 5.32 Å². The molecule has 1 aliphatic rings. The van der Waals surface area contributed by atoms with Gasteiger partial charge < -0.3 is 15.2 Å². The fraction of sp³-hybridized carbons (Fsp3) is 0.692. The van der Waals surface area contributed by atoms with E-state index in [9.17, 15) is 5.11 Å². The molecule has 1 aromatic rings. The molecule has 17 heavy (non-hydrogen) atoms. The predicted molar refractivity (Wildman–Crippen MR) is 70.3 cm³/mol. The molecule has 0 aliphatic carbocycles. The Morgan fingerprint density at radius 1 is 1.65 bits per heavy atom. The molecule has 3 unspecified atom stereocenters. The zero-order valence-electron chi connectivity index (χ0n) is 10.3. The summed E-state index contributed by atoms with van der Waals surface area (Å²) in [5, 5.41) is 15.7. The highest BCUT2D eigenvalue weighted by Gasteiger charge is 2.22. The maximum absolute atomic E-state index is 10.3. The lowest BCUT2D eigenvalue weighted by Gasteiger charge is -2.23. The largest absolute Gasteiger partial charge is 0.386 e. The number of aliphatic hydroxyl groups is 1. The summed E-state index contributed by atoms with van der Waals surface area (Å²) >= 11 is 1.61. The highest BCUT2D eigenvalue weighted by molar-refractivity contribution is 7.10. The van der Waals surface area contributed by atoms with Gasteiger partial charge in [-0.3, -0.25) is 0 Å². The van der Waals surface area contributed by atoms with Gasteiger partial charge >= 0.3 is 0 Å². The Balaban J connectivity index is 1.83. The lowest BCUT2D eigenvalue weighted by molar-refractivity contribution is 0.0877. The summed E-state index contributed by atoms with van der Waals surface area (Å²) in [5.41, 5.74) is 0. The van der Waals surface area contributed by atoms with Crippen molar-refractivity contribution in [2.45, 2.75) is 44.4 Å². The molecule has 4 heteroatoms. The van der Waals surface area contributed by atoms with E-state index in [1.165, 1.54) is 0 Å². The molecule has 1 saturated heterocycles. The lowest BCUT2D eigenvalue weighted by atomic mass is 10.1. The van der Waals surface area contributed by atoms with Crippen molar-refractivity contribution in [3.8, 4) is 0 Å². The molecule has 0 amide bonds. The van der Waals surface area contributed by atoms with E-state index in [0.717, 1.165) is 37.3 Å². The van der Waals surface area contributed by atoms with E-state index >= 15 is 0 Å². The normalized spacial score (nSPS) is 23.8. The summed E-state index contributed by atoms with van der Waals surface area (Å²) in [6.45, 7) is 3.83. The number of aliphatic hydroxyl groups excluding tert-OH is 1. The number of nitrogens with one attached hydrogen (secondary N) is 1. The van der Waals surface area contributed by atoms with Gasteiger partial charge in [-0.05, 0) is 30.7 Å². The second-order valence-electron chi connectivity index (χ2n) is 4.52. The number of rotatable bonds is 6. The van der Waals surface area contributed by atoms with E-state index < -0.39 is 6.10 Å². The fourth-order valence-corrected chi connectivity index (χ4v) is 3.00. The predicted octanol–water partition coefficient (Wildman–Crippen LogP) is 2.33. The second-order valence-corrected chi connectivity index (χ2v) is 5.50. The van der Waals surface area contributed by atoms with Crippen LogP contribution in [0.15, 0.2) is 17.5 Å². The molecule has 2 heterocycles.